The summed E-state index contributed by atoms with van der Waals surface area (Å²) in [6.45, 7) is 9.61. The highest BCUT2D eigenvalue weighted by molar-refractivity contribution is 9.09. The van der Waals surface area contributed by atoms with E-state index in [0.29, 0.717) is 10.7 Å². The fourth-order valence-corrected chi connectivity index (χ4v) is 4.42. The fourth-order valence-electron chi connectivity index (χ4n) is 3.29. The van der Waals surface area contributed by atoms with Crippen LogP contribution in [0.5, 0.6) is 5.75 Å². The zero-order valence-electron chi connectivity index (χ0n) is 13.0. The molecule has 0 radical (unpaired) electrons. The molecule has 1 aliphatic heterocycles. The maximum absolute atomic E-state index is 5.86. The van der Waals surface area contributed by atoms with Crippen LogP contribution in [-0.4, -0.2) is 6.61 Å². The Morgan fingerprint density at radius 3 is 2.33 bits per heavy atom. The van der Waals surface area contributed by atoms with Gasteiger partial charge in [0.2, 0.25) is 0 Å². The van der Waals surface area contributed by atoms with Gasteiger partial charge in [0.1, 0.15) is 5.75 Å². The maximum Gasteiger partial charge on any atom is 0.122 e. The van der Waals surface area contributed by atoms with Crippen LogP contribution in [0.15, 0.2) is 30.3 Å². The molecule has 2 heteroatoms. The molecule has 0 aliphatic carbocycles. The average Bonchev–Trinajstić information content (AvgIpc) is 2.89. The molecule has 0 spiro atoms. The SMILES string of the molecule is Cc1cc(C)c(C)c(C(Br)C2COc3ccccc32)c1C. The Hall–Kier alpha value is -1.28. The van der Waals surface area contributed by atoms with Gasteiger partial charge in [-0.1, -0.05) is 40.2 Å². The monoisotopic (exact) mass is 344 g/mol. The van der Waals surface area contributed by atoms with Gasteiger partial charge in [-0.3, -0.25) is 0 Å². The molecule has 2 unspecified atom stereocenters. The summed E-state index contributed by atoms with van der Waals surface area (Å²) in [5, 5.41) is 0. The molecule has 0 N–H and O–H groups in total. The number of aryl methyl sites for hydroxylation is 2. The second-order valence-electron chi connectivity index (χ2n) is 6.03. The number of alkyl halides is 1. The van der Waals surface area contributed by atoms with E-state index in [1.54, 1.807) is 0 Å². The third kappa shape index (κ3) is 2.40. The van der Waals surface area contributed by atoms with Crippen molar-refractivity contribution in [3.8, 4) is 5.75 Å². The molecule has 2 atom stereocenters. The summed E-state index contributed by atoms with van der Waals surface area (Å²) in [6.07, 6.45) is 0. The van der Waals surface area contributed by atoms with E-state index in [1.165, 1.54) is 33.4 Å². The molecule has 0 fully saturated rings. The summed E-state index contributed by atoms with van der Waals surface area (Å²) in [5.74, 6) is 1.41. The first-order valence-electron chi connectivity index (χ1n) is 7.43. The van der Waals surface area contributed by atoms with Gasteiger partial charge in [-0.15, -0.1) is 0 Å². The smallest absolute Gasteiger partial charge is 0.122 e. The van der Waals surface area contributed by atoms with E-state index >= 15 is 0 Å². The van der Waals surface area contributed by atoms with E-state index in [2.05, 4.69) is 67.9 Å². The number of hydrogen-bond donors (Lipinski definition) is 0. The predicted octanol–water partition coefficient (Wildman–Crippen LogP) is 5.53. The zero-order chi connectivity index (χ0) is 15.1. The molecule has 1 aliphatic rings. The number of benzene rings is 2. The van der Waals surface area contributed by atoms with Crippen molar-refractivity contribution < 1.29 is 4.74 Å². The standard InChI is InChI=1S/C19H21BrO/c1-11-9-12(2)14(4)18(13(11)3)19(20)16-10-21-17-8-6-5-7-15(16)17/h5-9,16,19H,10H2,1-4H3. The molecule has 0 saturated carbocycles. The van der Waals surface area contributed by atoms with Gasteiger partial charge in [0.05, 0.1) is 11.4 Å². The first-order valence-corrected chi connectivity index (χ1v) is 8.35. The molecule has 21 heavy (non-hydrogen) atoms. The summed E-state index contributed by atoms with van der Waals surface area (Å²) in [5.41, 5.74) is 8.26. The molecule has 0 saturated heterocycles. The van der Waals surface area contributed by atoms with Crippen LogP contribution in [0, 0.1) is 27.7 Å². The van der Waals surface area contributed by atoms with Crippen molar-refractivity contribution in [1.82, 2.24) is 0 Å². The third-order valence-corrected chi connectivity index (χ3v) is 5.89. The van der Waals surface area contributed by atoms with Gasteiger partial charge in [0.25, 0.3) is 0 Å². The highest BCUT2D eigenvalue weighted by Gasteiger charge is 2.32. The molecule has 0 bridgehead atoms. The second-order valence-corrected chi connectivity index (χ2v) is 7.02. The Kier molecular flexibility index (Phi) is 3.83. The Morgan fingerprint density at radius 2 is 1.67 bits per heavy atom. The largest absolute Gasteiger partial charge is 0.493 e. The third-order valence-electron chi connectivity index (χ3n) is 4.79. The van der Waals surface area contributed by atoms with Gasteiger partial charge >= 0.3 is 0 Å². The first kappa shape index (κ1) is 14.6. The van der Waals surface area contributed by atoms with E-state index in [0.717, 1.165) is 12.4 Å². The highest BCUT2D eigenvalue weighted by atomic mass is 79.9. The Bertz CT molecular complexity index is 664. The van der Waals surface area contributed by atoms with Gasteiger partial charge in [-0.2, -0.15) is 0 Å². The molecule has 1 nitrogen and oxygen atoms in total. The van der Waals surface area contributed by atoms with E-state index in [-0.39, 0.29) is 0 Å². The number of fused-ring (bicyclic) bond motifs is 1. The molecule has 110 valence electrons. The van der Waals surface area contributed by atoms with Crippen molar-refractivity contribution in [1.29, 1.82) is 0 Å². The van der Waals surface area contributed by atoms with Crippen LogP contribution in [0.2, 0.25) is 0 Å². The molecule has 1 heterocycles. The van der Waals surface area contributed by atoms with Gasteiger partial charge < -0.3 is 4.74 Å². The van der Waals surface area contributed by atoms with Crippen molar-refractivity contribution in [2.45, 2.75) is 38.4 Å². The van der Waals surface area contributed by atoms with Crippen LogP contribution in [0.4, 0.5) is 0 Å². The Morgan fingerprint density at radius 1 is 1.05 bits per heavy atom. The molecular weight excluding hydrogens is 324 g/mol. The van der Waals surface area contributed by atoms with Crippen LogP contribution in [0.25, 0.3) is 0 Å². The first-order chi connectivity index (χ1) is 10.0. The quantitative estimate of drug-likeness (QED) is 0.650. The summed E-state index contributed by atoms with van der Waals surface area (Å²) in [6, 6.07) is 10.7. The van der Waals surface area contributed by atoms with Gasteiger partial charge in [0.15, 0.2) is 0 Å². The zero-order valence-corrected chi connectivity index (χ0v) is 14.6. The van der Waals surface area contributed by atoms with Crippen molar-refractivity contribution >= 4 is 15.9 Å². The predicted molar refractivity (Wildman–Crippen MR) is 91.7 cm³/mol. The van der Waals surface area contributed by atoms with Crippen molar-refractivity contribution in [2.75, 3.05) is 6.61 Å². The summed E-state index contributed by atoms with van der Waals surface area (Å²) >= 11 is 3.97. The van der Waals surface area contributed by atoms with Crippen LogP contribution in [0.3, 0.4) is 0 Å². The average molecular weight is 345 g/mol. The van der Waals surface area contributed by atoms with E-state index in [9.17, 15) is 0 Å². The highest BCUT2D eigenvalue weighted by Crippen LogP contribution is 2.47. The molecule has 2 aromatic carbocycles. The van der Waals surface area contributed by atoms with E-state index in [1.807, 2.05) is 6.07 Å². The summed E-state index contributed by atoms with van der Waals surface area (Å²) in [4.78, 5) is 0.291. The summed E-state index contributed by atoms with van der Waals surface area (Å²) < 4.78 is 5.86. The normalized spacial score (nSPS) is 18.2. The lowest BCUT2D eigenvalue weighted by Crippen LogP contribution is -2.11. The van der Waals surface area contributed by atoms with E-state index in [4.69, 9.17) is 4.74 Å². The second kappa shape index (κ2) is 5.49. The van der Waals surface area contributed by atoms with Crippen molar-refractivity contribution in [3.05, 3.63) is 63.7 Å². The fraction of sp³-hybridized carbons (Fsp3) is 0.368. The maximum atomic E-state index is 5.86. The molecule has 0 amide bonds. The molecule has 3 rings (SSSR count). The lowest BCUT2D eigenvalue weighted by Gasteiger charge is -2.24. The van der Waals surface area contributed by atoms with Gasteiger partial charge in [-0.25, -0.2) is 0 Å². The van der Waals surface area contributed by atoms with Crippen molar-refractivity contribution in [3.63, 3.8) is 0 Å². The number of hydrogen-bond acceptors (Lipinski definition) is 1. The minimum Gasteiger partial charge on any atom is -0.493 e. The lowest BCUT2D eigenvalue weighted by molar-refractivity contribution is 0.329. The lowest BCUT2D eigenvalue weighted by atomic mass is 9.86. The minimum absolute atomic E-state index is 0.291. The van der Waals surface area contributed by atoms with Gasteiger partial charge in [-0.05, 0) is 61.6 Å². The van der Waals surface area contributed by atoms with Crippen LogP contribution >= 0.6 is 15.9 Å². The number of halogens is 1. The summed E-state index contributed by atoms with van der Waals surface area (Å²) in [7, 11) is 0. The van der Waals surface area contributed by atoms with Crippen LogP contribution in [-0.2, 0) is 0 Å². The molecule has 0 aromatic heterocycles. The van der Waals surface area contributed by atoms with Gasteiger partial charge in [0, 0.05) is 11.5 Å². The Labute approximate surface area is 135 Å². The van der Waals surface area contributed by atoms with Crippen molar-refractivity contribution in [2.24, 2.45) is 0 Å². The molecule has 2 aromatic rings. The number of ether oxygens (including phenoxy) is 1. The Balaban J connectivity index is 2.07. The number of para-hydroxylation sites is 1. The number of rotatable bonds is 2. The minimum atomic E-state index is 0.291. The van der Waals surface area contributed by atoms with Crippen LogP contribution in [0.1, 0.15) is 44.1 Å². The molecular formula is C19H21BrO. The van der Waals surface area contributed by atoms with E-state index < -0.39 is 0 Å². The van der Waals surface area contributed by atoms with Crippen LogP contribution < -0.4 is 4.74 Å². The topological polar surface area (TPSA) is 9.23 Å².